The third-order valence-corrected chi connectivity index (χ3v) is 4.99. The standard InChI is InChI=1S/C13H9BrCl2N2/c14-10-11(15)17-13(18-12(10)16)9-6-5-7-3-1-2-4-8(7)9/h1-4,9H,5-6H2. The molecule has 18 heavy (non-hydrogen) atoms. The van der Waals surface area contributed by atoms with Gasteiger partial charge in [0.25, 0.3) is 0 Å². The van der Waals surface area contributed by atoms with Crippen LogP contribution in [0.1, 0.15) is 29.3 Å². The molecule has 1 aromatic carbocycles. The lowest BCUT2D eigenvalue weighted by Gasteiger charge is -2.11. The normalized spacial score (nSPS) is 17.8. The van der Waals surface area contributed by atoms with Crippen molar-refractivity contribution in [2.24, 2.45) is 0 Å². The topological polar surface area (TPSA) is 25.8 Å². The highest BCUT2D eigenvalue weighted by Gasteiger charge is 2.26. The molecule has 0 bridgehead atoms. The lowest BCUT2D eigenvalue weighted by molar-refractivity contribution is 0.727. The molecule has 1 heterocycles. The van der Waals surface area contributed by atoms with Gasteiger partial charge in [-0.25, -0.2) is 9.97 Å². The SMILES string of the molecule is Clc1nc(C2CCc3ccccc32)nc(Cl)c1Br. The van der Waals surface area contributed by atoms with Gasteiger partial charge in [0.1, 0.15) is 16.1 Å². The van der Waals surface area contributed by atoms with Gasteiger partial charge >= 0.3 is 0 Å². The van der Waals surface area contributed by atoms with E-state index >= 15 is 0 Å². The quantitative estimate of drug-likeness (QED) is 0.706. The van der Waals surface area contributed by atoms with Gasteiger partial charge in [-0.2, -0.15) is 0 Å². The third kappa shape index (κ3) is 2.04. The number of benzene rings is 1. The van der Waals surface area contributed by atoms with E-state index < -0.39 is 0 Å². The molecular weight excluding hydrogens is 335 g/mol. The molecule has 0 saturated carbocycles. The Bertz CT molecular complexity index is 593. The largest absolute Gasteiger partial charge is 0.219 e. The van der Waals surface area contributed by atoms with Crippen molar-refractivity contribution in [2.45, 2.75) is 18.8 Å². The molecule has 0 N–H and O–H groups in total. The van der Waals surface area contributed by atoms with Gasteiger partial charge in [-0.3, -0.25) is 0 Å². The molecule has 92 valence electrons. The van der Waals surface area contributed by atoms with E-state index in [0.29, 0.717) is 20.6 Å². The van der Waals surface area contributed by atoms with Crippen LogP contribution < -0.4 is 0 Å². The Morgan fingerprint density at radius 3 is 2.50 bits per heavy atom. The van der Waals surface area contributed by atoms with Gasteiger partial charge in [0, 0.05) is 5.92 Å². The molecule has 1 aromatic heterocycles. The molecule has 5 heteroatoms. The molecule has 1 unspecified atom stereocenters. The van der Waals surface area contributed by atoms with Crippen molar-refractivity contribution in [3.05, 3.63) is 56.0 Å². The van der Waals surface area contributed by atoms with Gasteiger partial charge < -0.3 is 0 Å². The smallest absolute Gasteiger partial charge is 0.148 e. The van der Waals surface area contributed by atoms with E-state index in [-0.39, 0.29) is 5.92 Å². The van der Waals surface area contributed by atoms with Crippen molar-refractivity contribution >= 4 is 39.1 Å². The number of rotatable bonds is 1. The van der Waals surface area contributed by atoms with Gasteiger partial charge in [0.2, 0.25) is 0 Å². The van der Waals surface area contributed by atoms with Crippen molar-refractivity contribution in [1.82, 2.24) is 9.97 Å². The Labute approximate surface area is 123 Å². The van der Waals surface area contributed by atoms with E-state index in [1.165, 1.54) is 11.1 Å². The fourth-order valence-corrected chi connectivity index (χ4v) is 2.97. The average molecular weight is 344 g/mol. The molecule has 0 spiro atoms. The molecule has 0 amide bonds. The molecule has 2 aromatic rings. The predicted octanol–water partition coefficient (Wildman–Crippen LogP) is 4.62. The Hall–Kier alpha value is -0.640. The lowest BCUT2D eigenvalue weighted by atomic mass is 10.0. The predicted molar refractivity (Wildman–Crippen MR) is 76.4 cm³/mol. The minimum Gasteiger partial charge on any atom is -0.219 e. The first-order valence-corrected chi connectivity index (χ1v) is 7.18. The highest BCUT2D eigenvalue weighted by atomic mass is 79.9. The fourth-order valence-electron chi connectivity index (χ4n) is 2.39. The first-order valence-electron chi connectivity index (χ1n) is 5.63. The van der Waals surface area contributed by atoms with Crippen molar-refractivity contribution in [1.29, 1.82) is 0 Å². The van der Waals surface area contributed by atoms with Crippen LogP contribution in [0.5, 0.6) is 0 Å². The Morgan fingerprint density at radius 2 is 1.78 bits per heavy atom. The molecule has 3 rings (SSSR count). The monoisotopic (exact) mass is 342 g/mol. The number of hydrogen-bond acceptors (Lipinski definition) is 2. The first kappa shape index (κ1) is 12.4. The maximum atomic E-state index is 6.04. The van der Waals surface area contributed by atoms with Gasteiger partial charge in [-0.15, -0.1) is 0 Å². The summed E-state index contributed by atoms with van der Waals surface area (Å²) in [6.07, 6.45) is 2.06. The zero-order chi connectivity index (χ0) is 12.7. The lowest BCUT2D eigenvalue weighted by Crippen LogP contribution is -2.04. The third-order valence-electron chi connectivity index (χ3n) is 3.23. The second kappa shape index (κ2) is 4.80. The van der Waals surface area contributed by atoms with Crippen LogP contribution in [0.3, 0.4) is 0 Å². The van der Waals surface area contributed by atoms with Crippen LogP contribution in [-0.2, 0) is 6.42 Å². The summed E-state index contributed by atoms with van der Waals surface area (Å²) >= 11 is 15.3. The van der Waals surface area contributed by atoms with Crippen LogP contribution in [0.25, 0.3) is 0 Å². The van der Waals surface area contributed by atoms with Gasteiger partial charge in [0.05, 0.1) is 4.47 Å². The number of halogens is 3. The fraction of sp³-hybridized carbons (Fsp3) is 0.231. The molecular formula is C13H9BrCl2N2. The van der Waals surface area contributed by atoms with Crippen LogP contribution in [0, 0.1) is 0 Å². The zero-order valence-corrected chi connectivity index (χ0v) is 12.4. The van der Waals surface area contributed by atoms with E-state index in [1.54, 1.807) is 0 Å². The van der Waals surface area contributed by atoms with Crippen LogP contribution in [0.4, 0.5) is 0 Å². The molecule has 1 aliphatic carbocycles. The Balaban J connectivity index is 2.08. The van der Waals surface area contributed by atoms with Gasteiger partial charge in [-0.1, -0.05) is 47.5 Å². The molecule has 0 radical (unpaired) electrons. The highest BCUT2D eigenvalue weighted by Crippen LogP contribution is 2.38. The van der Waals surface area contributed by atoms with E-state index in [4.69, 9.17) is 23.2 Å². The second-order valence-electron chi connectivity index (χ2n) is 4.27. The molecule has 1 aliphatic rings. The van der Waals surface area contributed by atoms with Crippen LogP contribution in [0.15, 0.2) is 28.7 Å². The average Bonchev–Trinajstić information content (AvgIpc) is 2.79. The number of aromatic nitrogens is 2. The van der Waals surface area contributed by atoms with Gasteiger partial charge in [-0.05, 0) is 39.9 Å². The Morgan fingerprint density at radius 1 is 1.11 bits per heavy atom. The molecule has 1 atom stereocenters. The van der Waals surface area contributed by atoms with E-state index in [1.807, 2.05) is 6.07 Å². The van der Waals surface area contributed by atoms with Crippen molar-refractivity contribution in [3.8, 4) is 0 Å². The summed E-state index contributed by atoms with van der Waals surface area (Å²) in [6, 6.07) is 8.38. The van der Waals surface area contributed by atoms with Crippen molar-refractivity contribution in [3.63, 3.8) is 0 Å². The van der Waals surface area contributed by atoms with E-state index in [0.717, 1.165) is 12.8 Å². The number of fused-ring (bicyclic) bond motifs is 1. The van der Waals surface area contributed by atoms with E-state index in [9.17, 15) is 0 Å². The van der Waals surface area contributed by atoms with Crippen LogP contribution >= 0.6 is 39.1 Å². The molecule has 2 nitrogen and oxygen atoms in total. The highest BCUT2D eigenvalue weighted by molar-refractivity contribution is 9.10. The maximum absolute atomic E-state index is 6.04. The summed E-state index contributed by atoms with van der Waals surface area (Å²) in [7, 11) is 0. The van der Waals surface area contributed by atoms with Crippen molar-refractivity contribution in [2.75, 3.05) is 0 Å². The maximum Gasteiger partial charge on any atom is 0.148 e. The van der Waals surface area contributed by atoms with Crippen molar-refractivity contribution < 1.29 is 0 Å². The molecule has 0 fully saturated rings. The Kier molecular flexibility index (Phi) is 3.31. The van der Waals surface area contributed by atoms with Crippen LogP contribution in [0.2, 0.25) is 10.3 Å². The number of aryl methyl sites for hydroxylation is 1. The second-order valence-corrected chi connectivity index (χ2v) is 5.78. The molecule has 0 aliphatic heterocycles. The summed E-state index contributed by atoms with van der Waals surface area (Å²) in [6.45, 7) is 0. The summed E-state index contributed by atoms with van der Waals surface area (Å²) in [5.74, 6) is 0.905. The molecule has 0 saturated heterocycles. The summed E-state index contributed by atoms with van der Waals surface area (Å²) in [4.78, 5) is 8.67. The zero-order valence-electron chi connectivity index (χ0n) is 9.33. The van der Waals surface area contributed by atoms with Gasteiger partial charge in [0.15, 0.2) is 0 Å². The number of hydrogen-bond donors (Lipinski definition) is 0. The number of nitrogens with zero attached hydrogens (tertiary/aromatic N) is 2. The first-order chi connectivity index (χ1) is 8.66. The minimum absolute atomic E-state index is 0.198. The van der Waals surface area contributed by atoms with E-state index in [2.05, 4.69) is 44.1 Å². The summed E-state index contributed by atoms with van der Waals surface area (Å²) in [5, 5.41) is 0.740. The summed E-state index contributed by atoms with van der Waals surface area (Å²) < 4.78 is 0.556. The summed E-state index contributed by atoms with van der Waals surface area (Å²) in [5.41, 5.74) is 2.65. The minimum atomic E-state index is 0.198. The van der Waals surface area contributed by atoms with Crippen LogP contribution in [-0.4, -0.2) is 9.97 Å².